The zero-order valence-corrected chi connectivity index (χ0v) is 11.0. The fraction of sp³-hybridized carbons (Fsp3) is 0.357. The second-order valence-corrected chi connectivity index (χ2v) is 4.16. The van der Waals surface area contributed by atoms with Crippen molar-refractivity contribution in [3.8, 4) is 11.5 Å². The van der Waals surface area contributed by atoms with Gasteiger partial charge in [0.2, 0.25) is 0 Å². The Labute approximate surface area is 107 Å². The van der Waals surface area contributed by atoms with Crippen LogP contribution in [0.1, 0.15) is 11.3 Å². The van der Waals surface area contributed by atoms with Gasteiger partial charge in [-0.25, -0.2) is 4.98 Å². The summed E-state index contributed by atoms with van der Waals surface area (Å²) in [6.45, 7) is 2.57. The molecule has 0 aliphatic carbocycles. The molecule has 4 nitrogen and oxygen atoms in total. The Morgan fingerprint density at radius 3 is 2.44 bits per heavy atom. The number of methoxy groups -OCH3 is 2. The molecule has 18 heavy (non-hydrogen) atoms. The molecule has 4 heteroatoms. The van der Waals surface area contributed by atoms with E-state index >= 15 is 0 Å². The van der Waals surface area contributed by atoms with Crippen LogP contribution >= 0.6 is 0 Å². The Morgan fingerprint density at radius 1 is 1.17 bits per heavy atom. The Balaban J connectivity index is 2.82. The molecule has 2 rings (SSSR count). The van der Waals surface area contributed by atoms with Gasteiger partial charge in [-0.2, -0.15) is 0 Å². The molecule has 0 saturated carbocycles. The highest BCUT2D eigenvalue weighted by Gasteiger charge is 2.13. The second-order valence-electron chi connectivity index (χ2n) is 4.16. The van der Waals surface area contributed by atoms with Crippen LogP contribution in [0, 0.1) is 6.92 Å². The molecular weight excluding hydrogens is 228 g/mol. The molecule has 96 valence electrons. The minimum atomic E-state index is 0.596. The molecule has 0 radical (unpaired) electrons. The van der Waals surface area contributed by atoms with Gasteiger partial charge in [-0.3, -0.25) is 0 Å². The highest BCUT2D eigenvalue weighted by Crippen LogP contribution is 2.34. The van der Waals surface area contributed by atoms with E-state index in [1.165, 1.54) is 0 Å². The average molecular weight is 246 g/mol. The summed E-state index contributed by atoms with van der Waals surface area (Å²) in [7, 11) is 3.31. The van der Waals surface area contributed by atoms with E-state index in [4.69, 9.17) is 15.2 Å². The van der Waals surface area contributed by atoms with Crippen LogP contribution in [0.15, 0.2) is 18.2 Å². The van der Waals surface area contributed by atoms with Gasteiger partial charge in [-0.15, -0.1) is 0 Å². The molecule has 1 heterocycles. The second kappa shape index (κ2) is 5.23. The van der Waals surface area contributed by atoms with Gasteiger partial charge in [0.15, 0.2) is 0 Å². The molecule has 0 atom stereocenters. The summed E-state index contributed by atoms with van der Waals surface area (Å²) in [5.41, 5.74) is 8.61. The molecule has 1 aromatic heterocycles. The monoisotopic (exact) mass is 246 g/mol. The van der Waals surface area contributed by atoms with Gasteiger partial charge in [0.25, 0.3) is 0 Å². The van der Waals surface area contributed by atoms with Crippen molar-refractivity contribution in [3.05, 3.63) is 29.5 Å². The van der Waals surface area contributed by atoms with Crippen LogP contribution in [0.3, 0.4) is 0 Å². The van der Waals surface area contributed by atoms with E-state index in [2.05, 4.69) is 11.1 Å². The predicted molar refractivity (Wildman–Crippen MR) is 72.3 cm³/mol. The Morgan fingerprint density at radius 2 is 1.83 bits per heavy atom. The molecule has 0 saturated heterocycles. The van der Waals surface area contributed by atoms with Crippen molar-refractivity contribution in [1.29, 1.82) is 0 Å². The van der Waals surface area contributed by atoms with Crippen molar-refractivity contribution in [2.45, 2.75) is 13.3 Å². The topological polar surface area (TPSA) is 57.4 Å². The summed E-state index contributed by atoms with van der Waals surface area (Å²) in [5, 5.41) is 0.993. The zero-order chi connectivity index (χ0) is 13.1. The van der Waals surface area contributed by atoms with E-state index in [-0.39, 0.29) is 0 Å². The summed E-state index contributed by atoms with van der Waals surface area (Å²) in [6, 6.07) is 5.83. The van der Waals surface area contributed by atoms with Gasteiger partial charge in [-0.1, -0.05) is 0 Å². The number of benzene rings is 1. The highest BCUT2D eigenvalue weighted by atomic mass is 16.5. The van der Waals surface area contributed by atoms with Gasteiger partial charge in [0.05, 0.1) is 14.2 Å². The fourth-order valence-corrected chi connectivity index (χ4v) is 2.20. The lowest BCUT2D eigenvalue weighted by Gasteiger charge is -2.13. The zero-order valence-electron chi connectivity index (χ0n) is 11.0. The van der Waals surface area contributed by atoms with Crippen LogP contribution in [0.2, 0.25) is 0 Å². The average Bonchev–Trinajstić information content (AvgIpc) is 2.37. The number of rotatable bonds is 4. The van der Waals surface area contributed by atoms with Crippen molar-refractivity contribution in [2.24, 2.45) is 5.73 Å². The molecule has 0 unspecified atom stereocenters. The minimum Gasteiger partial charge on any atom is -0.496 e. The molecule has 0 aliphatic rings. The Bertz CT molecular complexity index is 567. The quantitative estimate of drug-likeness (QED) is 0.897. The number of nitrogens with zero attached hydrogens (tertiary/aromatic N) is 1. The third-order valence-electron chi connectivity index (χ3n) is 2.95. The van der Waals surface area contributed by atoms with Gasteiger partial charge in [0, 0.05) is 11.1 Å². The van der Waals surface area contributed by atoms with Crippen LogP contribution in [0.25, 0.3) is 10.9 Å². The van der Waals surface area contributed by atoms with Crippen molar-refractivity contribution in [1.82, 2.24) is 4.98 Å². The third kappa shape index (κ3) is 2.11. The van der Waals surface area contributed by atoms with Crippen molar-refractivity contribution >= 4 is 10.9 Å². The molecule has 0 bridgehead atoms. The highest BCUT2D eigenvalue weighted by molar-refractivity contribution is 5.93. The van der Waals surface area contributed by atoms with Gasteiger partial charge >= 0.3 is 0 Å². The molecule has 0 fully saturated rings. The number of fused-ring (bicyclic) bond motifs is 1. The number of hydrogen-bond donors (Lipinski definition) is 1. The number of ether oxygens (including phenoxy) is 2. The number of pyridine rings is 1. The normalized spacial score (nSPS) is 10.7. The first-order valence-corrected chi connectivity index (χ1v) is 5.92. The van der Waals surface area contributed by atoms with Crippen molar-refractivity contribution in [3.63, 3.8) is 0 Å². The van der Waals surface area contributed by atoms with E-state index in [1.54, 1.807) is 14.2 Å². The number of nitrogens with two attached hydrogens (primary N) is 1. The van der Waals surface area contributed by atoms with Crippen LogP contribution in [0.4, 0.5) is 0 Å². The van der Waals surface area contributed by atoms with Gasteiger partial charge in [-0.05, 0) is 43.7 Å². The lowest BCUT2D eigenvalue weighted by atomic mass is 10.0. The first-order valence-electron chi connectivity index (χ1n) is 5.92. The van der Waals surface area contributed by atoms with E-state index in [0.717, 1.165) is 40.1 Å². The SMILES string of the molecule is COc1ccc(OC)c2c(CCN)cc(C)nc12. The lowest BCUT2D eigenvalue weighted by Crippen LogP contribution is -2.05. The van der Waals surface area contributed by atoms with Crippen molar-refractivity contribution in [2.75, 3.05) is 20.8 Å². The first kappa shape index (κ1) is 12.6. The fourth-order valence-electron chi connectivity index (χ4n) is 2.20. The summed E-state index contributed by atoms with van der Waals surface area (Å²) < 4.78 is 10.8. The van der Waals surface area contributed by atoms with Gasteiger partial charge in [0.1, 0.15) is 17.0 Å². The van der Waals surface area contributed by atoms with E-state index in [9.17, 15) is 0 Å². The molecule has 2 N–H and O–H groups in total. The van der Waals surface area contributed by atoms with Crippen LogP contribution in [-0.2, 0) is 6.42 Å². The number of hydrogen-bond acceptors (Lipinski definition) is 4. The predicted octanol–water partition coefficient (Wildman–Crippen LogP) is 2.06. The summed E-state index contributed by atoms with van der Waals surface area (Å²) in [4.78, 5) is 4.55. The summed E-state index contributed by atoms with van der Waals surface area (Å²) in [6.07, 6.45) is 0.795. The Hall–Kier alpha value is -1.81. The molecule has 1 aromatic carbocycles. The molecule has 0 spiro atoms. The summed E-state index contributed by atoms with van der Waals surface area (Å²) >= 11 is 0. The lowest BCUT2D eigenvalue weighted by molar-refractivity contribution is 0.409. The maximum absolute atomic E-state index is 5.67. The van der Waals surface area contributed by atoms with Crippen LogP contribution in [-0.4, -0.2) is 25.7 Å². The molecule has 0 amide bonds. The van der Waals surface area contributed by atoms with Gasteiger partial charge < -0.3 is 15.2 Å². The maximum Gasteiger partial charge on any atom is 0.145 e. The third-order valence-corrected chi connectivity index (χ3v) is 2.95. The van der Waals surface area contributed by atoms with E-state index < -0.39 is 0 Å². The Kier molecular flexibility index (Phi) is 3.67. The van der Waals surface area contributed by atoms with E-state index in [1.807, 2.05) is 19.1 Å². The summed E-state index contributed by atoms with van der Waals surface area (Å²) in [5.74, 6) is 1.56. The van der Waals surface area contributed by atoms with E-state index in [0.29, 0.717) is 6.54 Å². The molecule has 2 aromatic rings. The van der Waals surface area contributed by atoms with Crippen molar-refractivity contribution < 1.29 is 9.47 Å². The smallest absolute Gasteiger partial charge is 0.145 e. The number of aryl methyl sites for hydroxylation is 1. The van der Waals surface area contributed by atoms with Crippen LogP contribution in [0.5, 0.6) is 11.5 Å². The maximum atomic E-state index is 5.67. The standard InChI is InChI=1S/C14H18N2O2/c1-9-8-10(6-7-15)13-11(17-2)4-5-12(18-3)14(13)16-9/h4-5,8H,6-7,15H2,1-3H3. The molecular formula is C14H18N2O2. The molecule has 0 aliphatic heterocycles. The van der Waals surface area contributed by atoms with Crippen LogP contribution < -0.4 is 15.2 Å². The minimum absolute atomic E-state index is 0.596. The first-order chi connectivity index (χ1) is 8.71. The number of aromatic nitrogens is 1. The largest absolute Gasteiger partial charge is 0.496 e.